The van der Waals surface area contributed by atoms with Crippen LogP contribution in [0.25, 0.3) is 50.2 Å². The smallest absolute Gasteiger partial charge is 0.0715 e. The normalized spacial score (nSPS) is 16.0. The molecule has 0 aliphatic heterocycles. The fourth-order valence-electron chi connectivity index (χ4n) is 7.74. The first kappa shape index (κ1) is 29.7. The third-order valence-corrected chi connectivity index (χ3v) is 10.1. The van der Waals surface area contributed by atoms with E-state index in [2.05, 4.69) is 187 Å². The minimum absolute atomic E-state index is 0.491. The SMILES string of the molecule is C1=CCC=CC(c2cc(-c3ccc4c(c3)C(c3ccccc3)(c3ccncc3)c3ccccc3-4)cc(-c3ccc(-c4ccccc4)cc3)n2)=C1. The summed E-state index contributed by atoms with van der Waals surface area (Å²) in [7, 11) is 0. The molecule has 2 aromatic heterocycles. The van der Waals surface area contributed by atoms with Crippen molar-refractivity contribution in [3.63, 3.8) is 0 Å². The highest BCUT2D eigenvalue weighted by atomic mass is 14.7. The van der Waals surface area contributed by atoms with Crippen LogP contribution in [0.2, 0.25) is 0 Å². The molecule has 7 aromatic rings. The maximum Gasteiger partial charge on any atom is 0.0715 e. The number of hydrogen-bond acceptors (Lipinski definition) is 2. The van der Waals surface area contributed by atoms with E-state index in [1.807, 2.05) is 12.4 Å². The lowest BCUT2D eigenvalue weighted by Crippen LogP contribution is -2.28. The molecule has 0 fully saturated rings. The van der Waals surface area contributed by atoms with Crippen molar-refractivity contribution in [3.8, 4) is 44.6 Å². The van der Waals surface area contributed by atoms with Gasteiger partial charge < -0.3 is 0 Å². The van der Waals surface area contributed by atoms with E-state index in [-0.39, 0.29) is 0 Å². The van der Waals surface area contributed by atoms with Crippen molar-refractivity contribution in [2.24, 2.45) is 0 Å². The summed E-state index contributed by atoms with van der Waals surface area (Å²) >= 11 is 0. The quantitative estimate of drug-likeness (QED) is 0.181. The van der Waals surface area contributed by atoms with E-state index in [9.17, 15) is 0 Å². The monoisotopic (exact) mass is 638 g/mol. The zero-order valence-electron chi connectivity index (χ0n) is 27.6. The highest BCUT2D eigenvalue weighted by Crippen LogP contribution is 2.56. The molecule has 2 aliphatic carbocycles. The van der Waals surface area contributed by atoms with Gasteiger partial charge in [0.15, 0.2) is 0 Å². The average Bonchev–Trinajstić information content (AvgIpc) is 3.30. The van der Waals surface area contributed by atoms with Crippen LogP contribution in [0.1, 0.15) is 34.4 Å². The number of hydrogen-bond donors (Lipinski definition) is 0. The highest BCUT2D eigenvalue weighted by Gasteiger charge is 2.46. The minimum Gasteiger partial charge on any atom is -0.265 e. The Morgan fingerprint density at radius 1 is 0.460 bits per heavy atom. The summed E-state index contributed by atoms with van der Waals surface area (Å²) in [5.41, 5.74) is 15.8. The number of pyridine rings is 2. The standard InChI is InChI=1S/C48H34N2/c1-2-6-16-36(15-5-1)46-32-39(33-47(50-46)37-23-21-35(22-24-37)34-13-7-3-8-14-34)38-25-26-43-42-19-11-12-20-44(42)48(45(43)31-38,40-17-9-4-10-18-40)41-27-29-49-30-28-41/h1,3-33H,2H2. The van der Waals surface area contributed by atoms with Crippen molar-refractivity contribution in [1.82, 2.24) is 9.97 Å². The summed E-state index contributed by atoms with van der Waals surface area (Å²) in [5.74, 6) is 0. The second-order valence-corrected chi connectivity index (χ2v) is 12.9. The largest absolute Gasteiger partial charge is 0.265 e. The Kier molecular flexibility index (Phi) is 7.48. The van der Waals surface area contributed by atoms with Gasteiger partial charge in [-0.25, -0.2) is 4.98 Å². The first-order valence-electron chi connectivity index (χ1n) is 17.2. The lowest BCUT2D eigenvalue weighted by Gasteiger charge is -2.34. The van der Waals surface area contributed by atoms with Gasteiger partial charge in [-0.05, 0) is 98.0 Å². The van der Waals surface area contributed by atoms with E-state index in [1.54, 1.807) is 0 Å². The Hall–Kier alpha value is -6.38. The highest BCUT2D eigenvalue weighted by molar-refractivity contribution is 5.89. The Balaban J connectivity index is 1.25. The Bertz CT molecular complexity index is 2380. The fraction of sp³-hybridized carbons (Fsp3) is 0.0417. The molecule has 236 valence electrons. The molecule has 5 aromatic carbocycles. The van der Waals surface area contributed by atoms with Crippen LogP contribution in [0.3, 0.4) is 0 Å². The summed E-state index contributed by atoms with van der Waals surface area (Å²) in [6, 6.07) is 54.9. The maximum atomic E-state index is 5.27. The van der Waals surface area contributed by atoms with Crippen LogP contribution in [-0.2, 0) is 5.41 Å². The number of benzene rings is 5. The van der Waals surface area contributed by atoms with E-state index >= 15 is 0 Å². The minimum atomic E-state index is -0.491. The van der Waals surface area contributed by atoms with Crippen LogP contribution in [0, 0.1) is 0 Å². The third-order valence-electron chi connectivity index (χ3n) is 10.1. The first-order valence-corrected chi connectivity index (χ1v) is 17.2. The second kappa shape index (κ2) is 12.6. The number of allylic oxidation sites excluding steroid dienone is 6. The number of aromatic nitrogens is 2. The Morgan fingerprint density at radius 2 is 1.10 bits per heavy atom. The van der Waals surface area contributed by atoms with Gasteiger partial charge in [0.2, 0.25) is 0 Å². The zero-order valence-corrected chi connectivity index (χ0v) is 27.6. The molecule has 50 heavy (non-hydrogen) atoms. The summed E-state index contributed by atoms with van der Waals surface area (Å²) in [6.07, 6.45) is 15.6. The van der Waals surface area contributed by atoms with Crippen LogP contribution in [0.15, 0.2) is 194 Å². The summed E-state index contributed by atoms with van der Waals surface area (Å²) in [5, 5.41) is 0. The van der Waals surface area contributed by atoms with E-state index < -0.39 is 5.41 Å². The van der Waals surface area contributed by atoms with Crippen molar-refractivity contribution in [2.75, 3.05) is 0 Å². The number of fused-ring (bicyclic) bond motifs is 3. The molecular formula is C48H34N2. The van der Waals surface area contributed by atoms with Crippen LogP contribution in [0.4, 0.5) is 0 Å². The third kappa shape index (κ3) is 5.05. The molecule has 2 heterocycles. The lowest BCUT2D eigenvalue weighted by molar-refractivity contribution is 0.766. The van der Waals surface area contributed by atoms with Gasteiger partial charge in [-0.2, -0.15) is 0 Å². The van der Waals surface area contributed by atoms with E-state index in [0.717, 1.165) is 40.1 Å². The Morgan fingerprint density at radius 3 is 1.92 bits per heavy atom. The fourth-order valence-corrected chi connectivity index (χ4v) is 7.74. The maximum absolute atomic E-state index is 5.27. The molecule has 2 aliphatic rings. The van der Waals surface area contributed by atoms with Gasteiger partial charge in [-0.15, -0.1) is 0 Å². The van der Waals surface area contributed by atoms with Crippen molar-refractivity contribution in [2.45, 2.75) is 11.8 Å². The molecule has 1 unspecified atom stereocenters. The number of nitrogens with zero attached hydrogens (tertiary/aromatic N) is 2. The predicted octanol–water partition coefficient (Wildman–Crippen LogP) is 11.7. The van der Waals surface area contributed by atoms with Crippen LogP contribution in [0.5, 0.6) is 0 Å². The molecule has 9 rings (SSSR count). The van der Waals surface area contributed by atoms with Gasteiger partial charge in [0.05, 0.1) is 16.8 Å². The lowest BCUT2D eigenvalue weighted by atomic mass is 9.67. The van der Waals surface area contributed by atoms with Crippen molar-refractivity contribution in [3.05, 3.63) is 222 Å². The van der Waals surface area contributed by atoms with E-state index in [1.165, 1.54) is 44.5 Å². The second-order valence-electron chi connectivity index (χ2n) is 12.9. The predicted molar refractivity (Wildman–Crippen MR) is 207 cm³/mol. The summed E-state index contributed by atoms with van der Waals surface area (Å²) < 4.78 is 0. The molecule has 0 amide bonds. The molecule has 1 atom stereocenters. The molecular weight excluding hydrogens is 605 g/mol. The van der Waals surface area contributed by atoms with Gasteiger partial charge in [-0.3, -0.25) is 4.98 Å². The number of rotatable bonds is 6. The van der Waals surface area contributed by atoms with Gasteiger partial charge in [-0.1, -0.05) is 152 Å². The molecule has 0 spiro atoms. The van der Waals surface area contributed by atoms with Crippen molar-refractivity contribution >= 4 is 5.57 Å². The van der Waals surface area contributed by atoms with Gasteiger partial charge >= 0.3 is 0 Å². The van der Waals surface area contributed by atoms with Gasteiger partial charge in [0, 0.05) is 18.0 Å². The molecule has 0 N–H and O–H groups in total. The molecule has 0 bridgehead atoms. The zero-order chi connectivity index (χ0) is 33.3. The van der Waals surface area contributed by atoms with E-state index in [4.69, 9.17) is 4.98 Å². The molecule has 0 radical (unpaired) electrons. The summed E-state index contributed by atoms with van der Waals surface area (Å²) in [6.45, 7) is 0. The van der Waals surface area contributed by atoms with Gasteiger partial charge in [0.25, 0.3) is 0 Å². The topological polar surface area (TPSA) is 25.8 Å². The average molecular weight is 639 g/mol. The van der Waals surface area contributed by atoms with Crippen molar-refractivity contribution in [1.29, 1.82) is 0 Å². The first-order chi connectivity index (χ1) is 24.8. The van der Waals surface area contributed by atoms with E-state index in [0.29, 0.717) is 0 Å². The van der Waals surface area contributed by atoms with Crippen LogP contribution < -0.4 is 0 Å². The molecule has 0 saturated carbocycles. The Labute approximate surface area is 293 Å². The molecule has 2 heteroatoms. The molecule has 0 saturated heterocycles. The van der Waals surface area contributed by atoms with Gasteiger partial charge in [0.1, 0.15) is 0 Å². The van der Waals surface area contributed by atoms with Crippen molar-refractivity contribution < 1.29 is 0 Å². The molecule has 2 nitrogen and oxygen atoms in total. The summed E-state index contributed by atoms with van der Waals surface area (Å²) in [4.78, 5) is 9.68. The van der Waals surface area contributed by atoms with Crippen LogP contribution in [-0.4, -0.2) is 9.97 Å². The van der Waals surface area contributed by atoms with Crippen LogP contribution >= 0.6 is 0 Å².